The minimum Gasteiger partial charge on any atom is -0.497 e. The largest absolute Gasteiger partial charge is 0.497 e. The average Bonchev–Trinajstić information content (AvgIpc) is 3.18. The van der Waals surface area contributed by atoms with Crippen molar-refractivity contribution in [3.8, 4) is 5.75 Å². The highest BCUT2D eigenvalue weighted by molar-refractivity contribution is 6.06. The van der Waals surface area contributed by atoms with Gasteiger partial charge in [0.2, 0.25) is 5.91 Å². The molecule has 4 aromatic rings. The summed E-state index contributed by atoms with van der Waals surface area (Å²) in [4.78, 5) is 44.1. The van der Waals surface area contributed by atoms with Crippen LogP contribution in [-0.2, 0) is 11.3 Å². The Balaban J connectivity index is 1.38. The van der Waals surface area contributed by atoms with Crippen molar-refractivity contribution >= 4 is 39.5 Å². The van der Waals surface area contributed by atoms with E-state index in [0.717, 1.165) is 30.2 Å². The van der Waals surface area contributed by atoms with Crippen molar-refractivity contribution in [1.29, 1.82) is 0 Å². The molecule has 1 aliphatic heterocycles. The van der Waals surface area contributed by atoms with Crippen LogP contribution in [0, 0.1) is 0 Å². The Morgan fingerprint density at radius 3 is 2.71 bits per heavy atom. The Labute approximate surface area is 194 Å². The highest BCUT2D eigenvalue weighted by Crippen LogP contribution is 2.22. The van der Waals surface area contributed by atoms with Crippen LogP contribution in [0.2, 0.25) is 0 Å². The number of carbonyl (C=O) groups is 2. The monoisotopic (exact) mass is 460 g/mol. The fourth-order valence-corrected chi connectivity index (χ4v) is 4.22. The zero-order chi connectivity index (χ0) is 23.7. The van der Waals surface area contributed by atoms with Crippen LogP contribution in [0.5, 0.6) is 5.75 Å². The number of nitrogens with zero attached hydrogens (tertiary/aromatic N) is 3. The lowest BCUT2D eigenvalue weighted by molar-refractivity contribution is -0.132. The number of ether oxygens (including phenoxy) is 1. The minimum absolute atomic E-state index is 0.0959. The number of methoxy groups -OCH3 is 1. The smallest absolute Gasteiger partial charge is 0.420 e. The number of fused-ring (bicyclic) bond motifs is 2. The zero-order valence-electron chi connectivity index (χ0n) is 18.7. The molecule has 0 saturated carbocycles. The summed E-state index contributed by atoms with van der Waals surface area (Å²) in [6, 6.07) is 12.1. The van der Waals surface area contributed by atoms with Gasteiger partial charge in [-0.05, 0) is 55.7 Å². The molecular weight excluding hydrogens is 436 g/mol. The maximum Gasteiger partial charge on any atom is 0.420 e. The summed E-state index contributed by atoms with van der Waals surface area (Å²) in [5.41, 5.74) is 2.40. The number of hydrogen-bond acceptors (Lipinski definition) is 6. The lowest BCUT2D eigenvalue weighted by atomic mass is 10.1. The van der Waals surface area contributed by atoms with E-state index in [0.29, 0.717) is 41.2 Å². The fraction of sp³-hybridized carbons (Fsp3) is 0.280. The van der Waals surface area contributed by atoms with Gasteiger partial charge >= 0.3 is 5.76 Å². The maximum absolute atomic E-state index is 12.9. The number of oxazole rings is 1. The van der Waals surface area contributed by atoms with Gasteiger partial charge in [0.05, 0.1) is 23.7 Å². The molecule has 1 N–H and O–H groups in total. The molecule has 9 heteroatoms. The molecule has 0 unspecified atom stereocenters. The number of nitrogens with one attached hydrogen (secondary N) is 1. The molecule has 0 aliphatic carbocycles. The van der Waals surface area contributed by atoms with Crippen LogP contribution in [0.4, 0.5) is 5.69 Å². The topological polar surface area (TPSA) is 107 Å². The fourth-order valence-electron chi connectivity index (χ4n) is 4.22. The lowest BCUT2D eigenvalue weighted by Gasteiger charge is -2.26. The van der Waals surface area contributed by atoms with E-state index in [4.69, 9.17) is 9.15 Å². The van der Waals surface area contributed by atoms with Gasteiger partial charge in [-0.2, -0.15) is 0 Å². The molecule has 2 aromatic heterocycles. The molecule has 1 fully saturated rings. The van der Waals surface area contributed by atoms with Crippen LogP contribution in [0.1, 0.15) is 29.6 Å². The summed E-state index contributed by atoms with van der Waals surface area (Å²) < 4.78 is 11.8. The first kappa shape index (κ1) is 21.7. The van der Waals surface area contributed by atoms with Gasteiger partial charge in [-0.1, -0.05) is 0 Å². The molecular formula is C25H24N4O5. The zero-order valence-corrected chi connectivity index (χ0v) is 18.7. The van der Waals surface area contributed by atoms with E-state index in [1.165, 1.54) is 10.8 Å². The summed E-state index contributed by atoms with van der Waals surface area (Å²) >= 11 is 0. The predicted octanol–water partition coefficient (Wildman–Crippen LogP) is 3.42. The molecule has 2 aromatic carbocycles. The summed E-state index contributed by atoms with van der Waals surface area (Å²) in [6.07, 6.45) is 4.56. The summed E-state index contributed by atoms with van der Waals surface area (Å²) in [7, 11) is 1.59. The van der Waals surface area contributed by atoms with E-state index in [9.17, 15) is 14.4 Å². The SMILES string of the molecule is COc1ccc2cc(C(=O)Nc3ccc4oc(=O)n(CC(=O)N5CCCCC5)c4c3)cnc2c1. The number of amides is 2. The van der Waals surface area contributed by atoms with Gasteiger partial charge < -0.3 is 19.4 Å². The molecule has 9 nitrogen and oxygen atoms in total. The summed E-state index contributed by atoms with van der Waals surface area (Å²) in [6.45, 7) is 1.32. The second-order valence-electron chi connectivity index (χ2n) is 8.31. The van der Waals surface area contributed by atoms with Gasteiger partial charge in [-0.15, -0.1) is 0 Å². The molecule has 0 atom stereocenters. The third kappa shape index (κ3) is 4.24. The quantitative estimate of drug-likeness (QED) is 0.489. The highest BCUT2D eigenvalue weighted by atomic mass is 16.5. The number of carbonyl (C=O) groups excluding carboxylic acids is 2. The van der Waals surface area contributed by atoms with Crippen molar-refractivity contribution < 1.29 is 18.7 Å². The number of rotatable bonds is 5. The lowest BCUT2D eigenvalue weighted by Crippen LogP contribution is -2.39. The Kier molecular flexibility index (Phi) is 5.75. The van der Waals surface area contributed by atoms with Crippen molar-refractivity contribution in [2.24, 2.45) is 0 Å². The molecule has 1 aliphatic rings. The molecule has 5 rings (SSSR count). The van der Waals surface area contributed by atoms with Gasteiger partial charge in [-0.3, -0.25) is 19.1 Å². The number of aromatic nitrogens is 2. The molecule has 34 heavy (non-hydrogen) atoms. The van der Waals surface area contributed by atoms with Gasteiger partial charge in [-0.25, -0.2) is 4.79 Å². The van der Waals surface area contributed by atoms with Crippen LogP contribution in [0.25, 0.3) is 22.0 Å². The Morgan fingerprint density at radius 2 is 1.91 bits per heavy atom. The third-order valence-corrected chi connectivity index (χ3v) is 6.08. The van der Waals surface area contributed by atoms with E-state index in [2.05, 4.69) is 10.3 Å². The summed E-state index contributed by atoms with van der Waals surface area (Å²) in [5.74, 6) is -0.363. The first-order valence-corrected chi connectivity index (χ1v) is 11.2. The van der Waals surface area contributed by atoms with E-state index in [1.807, 2.05) is 12.1 Å². The second-order valence-corrected chi connectivity index (χ2v) is 8.31. The molecule has 0 radical (unpaired) electrons. The number of anilines is 1. The minimum atomic E-state index is -0.599. The van der Waals surface area contributed by atoms with Gasteiger partial charge in [0.15, 0.2) is 5.58 Å². The first-order valence-electron chi connectivity index (χ1n) is 11.2. The maximum atomic E-state index is 12.9. The van der Waals surface area contributed by atoms with Crippen LogP contribution < -0.4 is 15.8 Å². The van der Waals surface area contributed by atoms with Gasteiger partial charge in [0.25, 0.3) is 5.91 Å². The average molecular weight is 460 g/mol. The molecule has 1 saturated heterocycles. The van der Waals surface area contributed by atoms with E-state index >= 15 is 0 Å². The van der Waals surface area contributed by atoms with E-state index in [-0.39, 0.29) is 18.4 Å². The van der Waals surface area contributed by atoms with E-state index in [1.54, 1.807) is 42.3 Å². The normalized spacial score (nSPS) is 13.9. The van der Waals surface area contributed by atoms with E-state index < -0.39 is 5.76 Å². The van der Waals surface area contributed by atoms with Crippen LogP contribution >= 0.6 is 0 Å². The second kappa shape index (κ2) is 9.01. The van der Waals surface area contributed by atoms with Crippen LogP contribution in [0.3, 0.4) is 0 Å². The number of pyridine rings is 1. The Hall–Kier alpha value is -4.14. The number of hydrogen-bond donors (Lipinski definition) is 1. The molecule has 2 amide bonds. The first-order chi connectivity index (χ1) is 16.5. The van der Waals surface area contributed by atoms with Crippen molar-refractivity contribution in [1.82, 2.24) is 14.5 Å². The molecule has 0 spiro atoms. The van der Waals surface area contributed by atoms with Crippen molar-refractivity contribution in [2.45, 2.75) is 25.8 Å². The number of benzene rings is 2. The summed E-state index contributed by atoms with van der Waals surface area (Å²) in [5, 5.41) is 3.64. The van der Waals surface area contributed by atoms with Crippen LogP contribution in [0.15, 0.2) is 57.9 Å². The highest BCUT2D eigenvalue weighted by Gasteiger charge is 2.20. The van der Waals surface area contributed by atoms with Gasteiger partial charge in [0, 0.05) is 36.4 Å². The number of piperidine rings is 1. The molecule has 3 heterocycles. The van der Waals surface area contributed by atoms with Crippen molar-refractivity contribution in [3.63, 3.8) is 0 Å². The van der Waals surface area contributed by atoms with Gasteiger partial charge in [0.1, 0.15) is 12.3 Å². The third-order valence-electron chi connectivity index (χ3n) is 6.08. The van der Waals surface area contributed by atoms with Crippen molar-refractivity contribution in [2.75, 3.05) is 25.5 Å². The Morgan fingerprint density at radius 1 is 1.09 bits per heavy atom. The standard InChI is InChI=1S/C25H24N4O5/c1-33-19-7-5-16-11-17(14-26-20(16)13-19)24(31)27-18-6-8-22-21(12-18)29(25(32)34-22)15-23(30)28-9-3-2-4-10-28/h5-8,11-14H,2-4,9-10,15H2,1H3,(H,27,31). The predicted molar refractivity (Wildman–Crippen MR) is 127 cm³/mol. The Bertz CT molecular complexity index is 1450. The molecule has 0 bridgehead atoms. The number of likely N-dealkylation sites (tertiary alicyclic amines) is 1. The van der Waals surface area contributed by atoms with Crippen molar-refractivity contribution in [3.05, 3.63) is 64.8 Å². The molecule has 174 valence electrons. The van der Waals surface area contributed by atoms with Crippen LogP contribution in [-0.4, -0.2) is 46.5 Å².